The standard InChI is InChI=1S/C14H22/c1-5-11(2)9-10-14-12(3)7-6-8-13(14)4/h5,9-10,12H,6-8H2,1-4H3/b10-9+,11-5+. The molecule has 1 aliphatic rings. The fraction of sp³-hybridized carbons (Fsp3) is 0.571. The van der Waals surface area contributed by atoms with Gasteiger partial charge in [0.1, 0.15) is 0 Å². The minimum absolute atomic E-state index is 0.754. The van der Waals surface area contributed by atoms with E-state index in [0.717, 1.165) is 5.92 Å². The van der Waals surface area contributed by atoms with Crippen molar-refractivity contribution in [3.63, 3.8) is 0 Å². The van der Waals surface area contributed by atoms with Crippen LogP contribution < -0.4 is 0 Å². The molecule has 0 saturated heterocycles. The van der Waals surface area contributed by atoms with Gasteiger partial charge in [-0.1, -0.05) is 36.3 Å². The largest absolute Gasteiger partial charge is 0.0847 e. The van der Waals surface area contributed by atoms with Crippen LogP contribution in [0.4, 0.5) is 0 Å². The van der Waals surface area contributed by atoms with Crippen molar-refractivity contribution in [2.24, 2.45) is 5.92 Å². The fourth-order valence-corrected chi connectivity index (χ4v) is 2.02. The van der Waals surface area contributed by atoms with Gasteiger partial charge in [-0.25, -0.2) is 0 Å². The summed E-state index contributed by atoms with van der Waals surface area (Å²) in [5.41, 5.74) is 4.50. The molecule has 0 N–H and O–H groups in total. The molecule has 78 valence electrons. The molecule has 0 spiro atoms. The number of rotatable bonds is 2. The maximum absolute atomic E-state index is 2.34. The van der Waals surface area contributed by atoms with Crippen molar-refractivity contribution in [1.82, 2.24) is 0 Å². The normalized spacial score (nSPS) is 24.9. The number of allylic oxidation sites excluding steroid dienone is 6. The lowest BCUT2D eigenvalue weighted by molar-refractivity contribution is 0.546. The first-order chi connectivity index (χ1) is 6.65. The lowest BCUT2D eigenvalue weighted by Gasteiger charge is -2.22. The third-order valence-electron chi connectivity index (χ3n) is 3.19. The molecule has 0 radical (unpaired) electrons. The Morgan fingerprint density at radius 2 is 2.14 bits per heavy atom. The maximum atomic E-state index is 2.34. The van der Waals surface area contributed by atoms with Gasteiger partial charge in [0, 0.05) is 0 Å². The molecule has 0 heteroatoms. The molecule has 0 aromatic rings. The summed E-state index contributed by atoms with van der Waals surface area (Å²) in [4.78, 5) is 0. The zero-order valence-electron chi connectivity index (χ0n) is 9.93. The molecule has 1 rings (SSSR count). The minimum atomic E-state index is 0.754. The summed E-state index contributed by atoms with van der Waals surface area (Å²) in [6.45, 7) is 8.86. The van der Waals surface area contributed by atoms with E-state index < -0.39 is 0 Å². The maximum Gasteiger partial charge on any atom is -0.0191 e. The quantitative estimate of drug-likeness (QED) is 0.556. The van der Waals surface area contributed by atoms with Crippen molar-refractivity contribution in [1.29, 1.82) is 0 Å². The number of hydrogen-bond acceptors (Lipinski definition) is 0. The highest BCUT2D eigenvalue weighted by Crippen LogP contribution is 2.30. The molecule has 0 bridgehead atoms. The smallest absolute Gasteiger partial charge is 0.0191 e. The van der Waals surface area contributed by atoms with Crippen LogP contribution in [-0.4, -0.2) is 0 Å². The van der Waals surface area contributed by atoms with Gasteiger partial charge < -0.3 is 0 Å². The van der Waals surface area contributed by atoms with Crippen LogP contribution in [0.15, 0.2) is 34.9 Å². The van der Waals surface area contributed by atoms with E-state index in [1.807, 2.05) is 0 Å². The Balaban J connectivity index is 2.79. The highest BCUT2D eigenvalue weighted by Gasteiger charge is 2.14. The predicted molar refractivity (Wildman–Crippen MR) is 64.3 cm³/mol. The van der Waals surface area contributed by atoms with Crippen LogP contribution in [0.5, 0.6) is 0 Å². The van der Waals surface area contributed by atoms with Crippen molar-refractivity contribution in [2.45, 2.75) is 47.0 Å². The topological polar surface area (TPSA) is 0 Å². The van der Waals surface area contributed by atoms with E-state index in [9.17, 15) is 0 Å². The van der Waals surface area contributed by atoms with Crippen LogP contribution in [0.3, 0.4) is 0 Å². The Labute approximate surface area is 88.4 Å². The molecule has 1 atom stereocenters. The Kier molecular flexibility index (Phi) is 4.19. The Morgan fingerprint density at radius 1 is 1.43 bits per heavy atom. The lowest BCUT2D eigenvalue weighted by atomic mass is 9.84. The first-order valence-corrected chi connectivity index (χ1v) is 5.65. The van der Waals surface area contributed by atoms with Gasteiger partial charge in [0.25, 0.3) is 0 Å². The van der Waals surface area contributed by atoms with Crippen molar-refractivity contribution < 1.29 is 0 Å². The molecule has 0 fully saturated rings. The Hall–Kier alpha value is -0.780. The molecule has 0 nitrogen and oxygen atoms in total. The van der Waals surface area contributed by atoms with E-state index in [1.54, 1.807) is 11.1 Å². The van der Waals surface area contributed by atoms with Gasteiger partial charge in [0.2, 0.25) is 0 Å². The van der Waals surface area contributed by atoms with Crippen molar-refractivity contribution in [3.8, 4) is 0 Å². The highest BCUT2D eigenvalue weighted by molar-refractivity contribution is 5.32. The summed E-state index contributed by atoms with van der Waals surface area (Å²) in [6.07, 6.45) is 10.7. The minimum Gasteiger partial charge on any atom is -0.0847 e. The van der Waals surface area contributed by atoms with Gasteiger partial charge in [-0.2, -0.15) is 0 Å². The van der Waals surface area contributed by atoms with E-state index in [4.69, 9.17) is 0 Å². The van der Waals surface area contributed by atoms with Crippen molar-refractivity contribution >= 4 is 0 Å². The molecule has 0 saturated carbocycles. The third-order valence-corrected chi connectivity index (χ3v) is 3.19. The first-order valence-electron chi connectivity index (χ1n) is 5.65. The molecule has 0 aliphatic heterocycles. The summed E-state index contributed by atoms with van der Waals surface area (Å²) < 4.78 is 0. The van der Waals surface area contributed by atoms with Crippen LogP contribution in [0.25, 0.3) is 0 Å². The molecule has 1 unspecified atom stereocenters. The van der Waals surface area contributed by atoms with Crippen LogP contribution in [0, 0.1) is 5.92 Å². The predicted octanol–water partition coefficient (Wildman–Crippen LogP) is 4.65. The summed E-state index contributed by atoms with van der Waals surface area (Å²) in [6, 6.07) is 0. The van der Waals surface area contributed by atoms with E-state index >= 15 is 0 Å². The average Bonchev–Trinajstić information content (AvgIpc) is 2.16. The molecule has 0 heterocycles. The Bertz CT molecular complexity index is 276. The van der Waals surface area contributed by atoms with E-state index in [1.165, 1.54) is 24.8 Å². The van der Waals surface area contributed by atoms with E-state index in [-0.39, 0.29) is 0 Å². The van der Waals surface area contributed by atoms with Gasteiger partial charge in [-0.15, -0.1) is 0 Å². The van der Waals surface area contributed by atoms with Crippen molar-refractivity contribution in [2.75, 3.05) is 0 Å². The van der Waals surface area contributed by atoms with E-state index in [2.05, 4.69) is 45.9 Å². The van der Waals surface area contributed by atoms with Crippen LogP contribution in [-0.2, 0) is 0 Å². The first kappa shape index (κ1) is 11.3. The summed E-state index contributed by atoms with van der Waals surface area (Å²) >= 11 is 0. The summed E-state index contributed by atoms with van der Waals surface area (Å²) in [5, 5.41) is 0. The van der Waals surface area contributed by atoms with Crippen LogP contribution in [0.1, 0.15) is 47.0 Å². The van der Waals surface area contributed by atoms with Gasteiger partial charge in [0.05, 0.1) is 0 Å². The number of hydrogen-bond donors (Lipinski definition) is 0. The fourth-order valence-electron chi connectivity index (χ4n) is 2.02. The van der Waals surface area contributed by atoms with Crippen LogP contribution in [0.2, 0.25) is 0 Å². The average molecular weight is 190 g/mol. The molecule has 0 amide bonds. The lowest BCUT2D eigenvalue weighted by Crippen LogP contribution is -2.06. The molecule has 1 aliphatic carbocycles. The van der Waals surface area contributed by atoms with Crippen molar-refractivity contribution in [3.05, 3.63) is 34.9 Å². The van der Waals surface area contributed by atoms with Gasteiger partial charge >= 0.3 is 0 Å². The van der Waals surface area contributed by atoms with Crippen LogP contribution >= 0.6 is 0 Å². The van der Waals surface area contributed by atoms with Gasteiger partial charge in [0.15, 0.2) is 0 Å². The van der Waals surface area contributed by atoms with Gasteiger partial charge in [-0.3, -0.25) is 0 Å². The summed E-state index contributed by atoms with van der Waals surface area (Å²) in [7, 11) is 0. The zero-order chi connectivity index (χ0) is 10.6. The molecule has 0 aromatic heterocycles. The molecule has 0 aromatic carbocycles. The van der Waals surface area contributed by atoms with E-state index in [0.29, 0.717) is 0 Å². The SMILES string of the molecule is C/C=C(C)/C=C/C1=C(C)CCCC1C. The second kappa shape index (κ2) is 5.19. The highest BCUT2D eigenvalue weighted by atomic mass is 14.2. The molecule has 14 heavy (non-hydrogen) atoms. The second-order valence-corrected chi connectivity index (χ2v) is 4.39. The third kappa shape index (κ3) is 2.87. The molecular formula is C14H22. The zero-order valence-corrected chi connectivity index (χ0v) is 9.93. The summed E-state index contributed by atoms with van der Waals surface area (Å²) in [5.74, 6) is 0.754. The second-order valence-electron chi connectivity index (χ2n) is 4.39. The monoisotopic (exact) mass is 190 g/mol. The molecular weight excluding hydrogens is 168 g/mol. The van der Waals surface area contributed by atoms with Gasteiger partial charge in [-0.05, 0) is 51.5 Å². The Morgan fingerprint density at radius 3 is 2.71 bits per heavy atom.